The van der Waals surface area contributed by atoms with Crippen molar-refractivity contribution >= 4 is 33.5 Å². The third-order valence-electron chi connectivity index (χ3n) is 2.84. The fourth-order valence-corrected chi connectivity index (χ4v) is 2.46. The molecule has 1 heterocycles. The van der Waals surface area contributed by atoms with E-state index in [0.717, 1.165) is 0 Å². The highest BCUT2D eigenvalue weighted by Crippen LogP contribution is 2.27. The lowest BCUT2D eigenvalue weighted by Crippen LogP contribution is -2.06. The van der Waals surface area contributed by atoms with Gasteiger partial charge >= 0.3 is 5.97 Å². The van der Waals surface area contributed by atoms with Crippen molar-refractivity contribution in [3.05, 3.63) is 45.2 Å². The molecule has 0 spiro atoms. The average molecular weight is 376 g/mol. The molecule has 0 fully saturated rings. The molecule has 4 nitrogen and oxygen atoms in total. The van der Waals surface area contributed by atoms with Crippen molar-refractivity contribution in [2.24, 2.45) is 0 Å². The molecule has 0 saturated heterocycles. The van der Waals surface area contributed by atoms with Gasteiger partial charge in [-0.3, -0.25) is 4.57 Å². The molecule has 2 rings (SSSR count). The molecular weight excluding hydrogens is 363 g/mol. The van der Waals surface area contributed by atoms with E-state index in [1.54, 1.807) is 23.6 Å². The molecule has 112 valence electrons. The topological polar surface area (TPSA) is 44.1 Å². The number of hydrogen-bond acceptors (Lipinski definition) is 3. The van der Waals surface area contributed by atoms with E-state index >= 15 is 0 Å². The zero-order chi connectivity index (χ0) is 15.6. The minimum atomic E-state index is -0.589. The Morgan fingerprint density at radius 1 is 1.48 bits per heavy atom. The number of rotatable bonds is 4. The standard InChI is InChI=1S/C14H13BrClFN2O2/c1-3-11-18-12(14(20)21-4-2)13(16)19(11)8-5-6-9(15)10(17)7-8/h5-7H,3-4H2,1-2H3. The first-order valence-corrected chi connectivity index (χ1v) is 7.56. The maximum atomic E-state index is 13.7. The molecule has 0 bridgehead atoms. The summed E-state index contributed by atoms with van der Waals surface area (Å²) in [6.07, 6.45) is 0.538. The Bertz CT molecular complexity index is 688. The van der Waals surface area contributed by atoms with Gasteiger partial charge in [0.05, 0.1) is 16.8 Å². The molecule has 0 radical (unpaired) electrons. The van der Waals surface area contributed by atoms with E-state index in [2.05, 4.69) is 20.9 Å². The highest BCUT2D eigenvalue weighted by atomic mass is 79.9. The summed E-state index contributed by atoms with van der Waals surface area (Å²) in [5.41, 5.74) is 0.541. The fraction of sp³-hybridized carbons (Fsp3) is 0.286. The Morgan fingerprint density at radius 2 is 2.19 bits per heavy atom. The quantitative estimate of drug-likeness (QED) is 0.754. The van der Waals surface area contributed by atoms with Gasteiger partial charge in [-0.1, -0.05) is 18.5 Å². The fourth-order valence-electron chi connectivity index (χ4n) is 1.90. The van der Waals surface area contributed by atoms with Crippen molar-refractivity contribution in [3.63, 3.8) is 0 Å². The second-order valence-corrected chi connectivity index (χ2v) is 5.39. The number of nitrogens with zero attached hydrogens (tertiary/aromatic N) is 2. The number of hydrogen-bond donors (Lipinski definition) is 0. The number of ether oxygens (including phenoxy) is 1. The molecular formula is C14H13BrClFN2O2. The summed E-state index contributed by atoms with van der Waals surface area (Å²) in [6.45, 7) is 3.81. The number of halogens is 3. The number of aromatic nitrogens is 2. The van der Waals surface area contributed by atoms with Gasteiger partial charge in [0.15, 0.2) is 5.69 Å². The van der Waals surface area contributed by atoms with Crippen LogP contribution in [0.15, 0.2) is 22.7 Å². The van der Waals surface area contributed by atoms with Crippen molar-refractivity contribution in [2.75, 3.05) is 6.61 Å². The van der Waals surface area contributed by atoms with Gasteiger partial charge in [-0.2, -0.15) is 0 Å². The number of imidazole rings is 1. The molecule has 0 aliphatic heterocycles. The summed E-state index contributed by atoms with van der Waals surface area (Å²) in [6, 6.07) is 4.59. The van der Waals surface area contributed by atoms with Crippen molar-refractivity contribution in [3.8, 4) is 5.69 Å². The van der Waals surface area contributed by atoms with Gasteiger partial charge < -0.3 is 4.74 Å². The molecule has 0 aliphatic carbocycles. The van der Waals surface area contributed by atoms with Gasteiger partial charge in [-0.15, -0.1) is 0 Å². The Labute approximate surface area is 135 Å². The van der Waals surface area contributed by atoms with E-state index in [0.29, 0.717) is 22.4 Å². The third-order valence-corrected chi connectivity index (χ3v) is 3.83. The highest BCUT2D eigenvalue weighted by molar-refractivity contribution is 9.10. The van der Waals surface area contributed by atoms with Crippen molar-refractivity contribution in [1.82, 2.24) is 9.55 Å². The summed E-state index contributed by atoms with van der Waals surface area (Å²) < 4.78 is 20.5. The Hall–Kier alpha value is -1.40. The van der Waals surface area contributed by atoms with Crippen LogP contribution in [0, 0.1) is 5.82 Å². The molecule has 0 saturated carbocycles. The predicted molar refractivity (Wildman–Crippen MR) is 81.6 cm³/mol. The van der Waals surface area contributed by atoms with Crippen molar-refractivity contribution in [1.29, 1.82) is 0 Å². The van der Waals surface area contributed by atoms with Crippen LogP contribution in [-0.4, -0.2) is 22.1 Å². The van der Waals surface area contributed by atoms with Gasteiger partial charge in [-0.25, -0.2) is 14.2 Å². The first-order valence-electron chi connectivity index (χ1n) is 6.39. The maximum absolute atomic E-state index is 13.7. The summed E-state index contributed by atoms with van der Waals surface area (Å²) in [5, 5.41) is 0.118. The van der Waals surface area contributed by atoms with E-state index in [4.69, 9.17) is 16.3 Å². The van der Waals surface area contributed by atoms with Crippen LogP contribution >= 0.6 is 27.5 Å². The number of carbonyl (C=O) groups excluding carboxylic acids is 1. The minimum Gasteiger partial charge on any atom is -0.461 e. The van der Waals surface area contributed by atoms with Crippen LogP contribution in [0.2, 0.25) is 5.15 Å². The largest absolute Gasteiger partial charge is 0.461 e. The summed E-state index contributed by atoms with van der Waals surface area (Å²) in [5.74, 6) is -0.449. The van der Waals surface area contributed by atoms with E-state index < -0.39 is 11.8 Å². The Balaban J connectivity index is 2.57. The lowest BCUT2D eigenvalue weighted by Gasteiger charge is -2.08. The highest BCUT2D eigenvalue weighted by Gasteiger charge is 2.22. The van der Waals surface area contributed by atoms with Gasteiger partial charge in [0.2, 0.25) is 0 Å². The van der Waals surface area contributed by atoms with Crippen LogP contribution in [0.1, 0.15) is 30.2 Å². The van der Waals surface area contributed by atoms with Crippen LogP contribution in [0.5, 0.6) is 0 Å². The van der Waals surface area contributed by atoms with E-state index in [-0.39, 0.29) is 17.5 Å². The number of aryl methyl sites for hydroxylation is 1. The van der Waals surface area contributed by atoms with Gasteiger partial charge in [0.25, 0.3) is 0 Å². The van der Waals surface area contributed by atoms with Gasteiger partial charge in [-0.05, 0) is 41.1 Å². The summed E-state index contributed by atoms with van der Waals surface area (Å²) in [4.78, 5) is 16.0. The van der Waals surface area contributed by atoms with Gasteiger partial charge in [0.1, 0.15) is 16.8 Å². The lowest BCUT2D eigenvalue weighted by atomic mass is 10.3. The SMILES string of the molecule is CCOC(=O)c1nc(CC)n(-c2ccc(Br)c(F)c2)c1Cl. The van der Waals surface area contributed by atoms with Crippen LogP contribution in [0.4, 0.5) is 4.39 Å². The third kappa shape index (κ3) is 3.11. The molecule has 0 aliphatic rings. The van der Waals surface area contributed by atoms with Gasteiger partial charge in [0, 0.05) is 6.42 Å². The normalized spacial score (nSPS) is 10.7. The number of esters is 1. The van der Waals surface area contributed by atoms with E-state index in [9.17, 15) is 9.18 Å². The molecule has 2 aromatic rings. The van der Waals surface area contributed by atoms with Crippen molar-refractivity contribution in [2.45, 2.75) is 20.3 Å². The molecule has 21 heavy (non-hydrogen) atoms. The van der Waals surface area contributed by atoms with Crippen molar-refractivity contribution < 1.29 is 13.9 Å². The molecule has 0 atom stereocenters. The molecule has 1 aromatic carbocycles. The summed E-state index contributed by atoms with van der Waals surface area (Å²) >= 11 is 9.33. The van der Waals surface area contributed by atoms with Crippen LogP contribution in [-0.2, 0) is 11.2 Å². The second kappa shape index (κ2) is 6.58. The first kappa shape index (κ1) is 16.0. The number of benzene rings is 1. The van der Waals surface area contributed by atoms with Crippen LogP contribution in [0.25, 0.3) is 5.69 Å². The zero-order valence-electron chi connectivity index (χ0n) is 11.5. The minimum absolute atomic E-state index is 0.0405. The Morgan fingerprint density at radius 3 is 2.76 bits per heavy atom. The molecule has 0 N–H and O–H groups in total. The van der Waals surface area contributed by atoms with Crippen LogP contribution in [0.3, 0.4) is 0 Å². The molecule has 0 amide bonds. The molecule has 7 heteroatoms. The molecule has 1 aromatic heterocycles. The van der Waals surface area contributed by atoms with E-state index in [1.165, 1.54) is 6.07 Å². The average Bonchev–Trinajstić information content (AvgIpc) is 2.79. The summed E-state index contributed by atoms with van der Waals surface area (Å²) in [7, 11) is 0. The van der Waals surface area contributed by atoms with E-state index in [1.807, 2.05) is 6.92 Å². The van der Waals surface area contributed by atoms with Crippen LogP contribution < -0.4 is 0 Å². The second-order valence-electron chi connectivity index (χ2n) is 4.18. The first-order chi connectivity index (χ1) is 9.99. The monoisotopic (exact) mass is 374 g/mol. The Kier molecular flexibility index (Phi) is 5.00. The predicted octanol–water partition coefficient (Wildman–Crippen LogP) is 4.17. The lowest BCUT2D eigenvalue weighted by molar-refractivity contribution is 0.0520. The molecule has 0 unspecified atom stereocenters. The number of carbonyl (C=O) groups is 1. The maximum Gasteiger partial charge on any atom is 0.360 e. The smallest absolute Gasteiger partial charge is 0.360 e. The zero-order valence-corrected chi connectivity index (χ0v) is 13.8.